The molecule has 0 aliphatic carbocycles. The number of carboxylic acid groups (broad SMARTS) is 1. The first kappa shape index (κ1) is 27.4. The van der Waals surface area contributed by atoms with Crippen LogP contribution in [0.2, 0.25) is 10.0 Å². The van der Waals surface area contributed by atoms with Crippen LogP contribution in [0.15, 0.2) is 41.3 Å². The smallest absolute Gasteiger partial charge is 0.300 e. The third kappa shape index (κ3) is 6.60. The summed E-state index contributed by atoms with van der Waals surface area (Å²) < 4.78 is 32.7. The van der Waals surface area contributed by atoms with Gasteiger partial charge >= 0.3 is 0 Å². The van der Waals surface area contributed by atoms with Crippen molar-refractivity contribution in [2.24, 2.45) is 5.73 Å². The number of nitrogens with one attached hydrogen (secondary N) is 1. The molecule has 0 bridgehead atoms. The molecule has 1 saturated heterocycles. The summed E-state index contributed by atoms with van der Waals surface area (Å²) in [6, 6.07) is 9.14. The van der Waals surface area contributed by atoms with Crippen molar-refractivity contribution in [1.82, 2.24) is 9.21 Å². The Balaban J connectivity index is 0.000000945. The van der Waals surface area contributed by atoms with Gasteiger partial charge in [-0.25, -0.2) is 8.42 Å². The number of ether oxygens (including phenoxy) is 1. The van der Waals surface area contributed by atoms with Gasteiger partial charge in [-0.15, -0.1) is 0 Å². The number of halogens is 2. The number of aliphatic carboxylic acids is 1. The Morgan fingerprint density at radius 1 is 1.06 bits per heavy atom. The van der Waals surface area contributed by atoms with E-state index >= 15 is 0 Å². The fourth-order valence-corrected chi connectivity index (χ4v) is 5.55. The minimum atomic E-state index is -3.94. The fourth-order valence-electron chi connectivity index (χ4n) is 3.17. The van der Waals surface area contributed by atoms with Crippen molar-refractivity contribution in [3.63, 3.8) is 0 Å². The molecule has 1 heterocycles. The van der Waals surface area contributed by atoms with E-state index in [2.05, 4.69) is 0 Å². The van der Waals surface area contributed by atoms with Crippen molar-refractivity contribution in [2.45, 2.75) is 11.8 Å². The van der Waals surface area contributed by atoms with Gasteiger partial charge < -0.3 is 20.5 Å². The minimum absolute atomic E-state index is 0.0246. The predicted molar refractivity (Wildman–Crippen MR) is 128 cm³/mol. The Morgan fingerprint density at radius 3 is 2.03 bits per heavy atom. The summed E-state index contributed by atoms with van der Waals surface area (Å²) in [6.07, 6.45) is 0. The number of benzene rings is 2. The van der Waals surface area contributed by atoms with Crippen LogP contribution in [0.1, 0.15) is 22.8 Å². The van der Waals surface area contributed by atoms with E-state index in [4.69, 9.17) is 49.0 Å². The Kier molecular flexibility index (Phi) is 9.28. The molecule has 34 heavy (non-hydrogen) atoms. The second-order valence-electron chi connectivity index (χ2n) is 7.13. The average Bonchev–Trinajstić information content (AvgIpc) is 2.77. The number of nitrogens with two attached hydrogens (primary N) is 1. The normalized spacial score (nSPS) is 14.1. The monoisotopic (exact) mass is 530 g/mol. The third-order valence-corrected chi connectivity index (χ3v) is 7.37. The van der Waals surface area contributed by atoms with Crippen molar-refractivity contribution in [3.8, 4) is 5.75 Å². The quantitative estimate of drug-likeness (QED) is 0.396. The maximum Gasteiger partial charge on any atom is 0.300 e. The van der Waals surface area contributed by atoms with Crippen molar-refractivity contribution in [2.75, 3.05) is 33.3 Å². The number of carboxylic acids is 1. The highest BCUT2D eigenvalue weighted by molar-refractivity contribution is 7.89. The molecular weight excluding hydrogens is 507 g/mol. The van der Waals surface area contributed by atoms with Crippen molar-refractivity contribution in [1.29, 1.82) is 5.41 Å². The lowest BCUT2D eigenvalue weighted by Crippen LogP contribution is -2.50. The molecule has 0 saturated carbocycles. The molecular formula is C21H24Cl2N4O6S. The number of hydrogen-bond acceptors (Lipinski definition) is 6. The van der Waals surface area contributed by atoms with Gasteiger partial charge in [0, 0.05) is 55.3 Å². The highest BCUT2D eigenvalue weighted by atomic mass is 35.5. The van der Waals surface area contributed by atoms with Gasteiger partial charge in [-0.3, -0.25) is 15.0 Å². The number of rotatable bonds is 5. The van der Waals surface area contributed by atoms with E-state index in [1.54, 1.807) is 29.2 Å². The topological polar surface area (TPSA) is 154 Å². The molecule has 1 aliphatic heterocycles. The number of carbonyl (C=O) groups excluding carboxylic acids is 1. The lowest BCUT2D eigenvalue weighted by molar-refractivity contribution is -0.134. The molecule has 2 aromatic carbocycles. The lowest BCUT2D eigenvalue weighted by atomic mass is 10.1. The number of nitrogen functional groups attached to an aromatic ring is 1. The van der Waals surface area contributed by atoms with E-state index in [9.17, 15) is 13.2 Å². The van der Waals surface area contributed by atoms with Gasteiger partial charge in [-0.1, -0.05) is 35.3 Å². The summed E-state index contributed by atoms with van der Waals surface area (Å²) in [5.74, 6) is -1.06. The number of amides is 1. The first-order chi connectivity index (χ1) is 15.9. The Morgan fingerprint density at radius 2 is 1.56 bits per heavy atom. The zero-order valence-corrected chi connectivity index (χ0v) is 20.7. The molecule has 0 atom stereocenters. The maximum atomic E-state index is 13.1. The third-order valence-electron chi connectivity index (χ3n) is 4.76. The van der Waals surface area contributed by atoms with Crippen LogP contribution in [0, 0.1) is 5.41 Å². The van der Waals surface area contributed by atoms with Crippen LogP contribution in [0.25, 0.3) is 0 Å². The SMILES string of the molecule is CC(=O)O.COc1cc(Cl)cc(Cl)c1S(=O)(=O)N1CCN(C(=O)c2ccc(C(=N)N)cc2)CC1. The molecule has 1 amide bonds. The molecule has 0 aromatic heterocycles. The van der Waals surface area contributed by atoms with Crippen LogP contribution in [0.3, 0.4) is 0 Å². The molecule has 1 fully saturated rings. The summed E-state index contributed by atoms with van der Waals surface area (Å²) in [7, 11) is -2.60. The van der Waals surface area contributed by atoms with Crippen LogP contribution in [-0.4, -0.2) is 73.7 Å². The number of piperazine rings is 1. The molecule has 10 nitrogen and oxygen atoms in total. The number of nitrogens with zero attached hydrogens (tertiary/aromatic N) is 2. The molecule has 0 radical (unpaired) electrons. The van der Waals surface area contributed by atoms with Gasteiger partial charge in [0.05, 0.1) is 12.1 Å². The zero-order chi connectivity index (χ0) is 25.6. The number of methoxy groups -OCH3 is 1. The van der Waals surface area contributed by atoms with E-state index < -0.39 is 16.0 Å². The molecule has 0 spiro atoms. The van der Waals surface area contributed by atoms with Crippen molar-refractivity contribution in [3.05, 3.63) is 57.6 Å². The van der Waals surface area contributed by atoms with Gasteiger partial charge in [0.1, 0.15) is 16.5 Å². The molecule has 13 heteroatoms. The largest absolute Gasteiger partial charge is 0.495 e. The minimum Gasteiger partial charge on any atom is -0.495 e. The highest BCUT2D eigenvalue weighted by Gasteiger charge is 2.34. The first-order valence-corrected chi connectivity index (χ1v) is 12.0. The molecule has 4 N–H and O–H groups in total. The highest BCUT2D eigenvalue weighted by Crippen LogP contribution is 2.36. The van der Waals surface area contributed by atoms with E-state index in [1.807, 2.05) is 0 Å². The fraction of sp³-hybridized carbons (Fsp3) is 0.286. The number of carbonyl (C=O) groups is 2. The van der Waals surface area contributed by atoms with E-state index in [0.717, 1.165) is 6.92 Å². The molecule has 3 rings (SSSR count). The van der Waals surface area contributed by atoms with Crippen molar-refractivity contribution < 1.29 is 27.9 Å². The van der Waals surface area contributed by atoms with E-state index in [1.165, 1.54) is 23.5 Å². The first-order valence-electron chi connectivity index (χ1n) is 9.85. The Hall–Kier alpha value is -2.86. The number of hydrogen-bond donors (Lipinski definition) is 3. The number of amidine groups is 1. The molecule has 0 unspecified atom stereocenters. The van der Waals surface area contributed by atoms with Gasteiger partial charge in [-0.2, -0.15) is 4.31 Å². The van der Waals surface area contributed by atoms with Crippen LogP contribution in [0.4, 0.5) is 0 Å². The van der Waals surface area contributed by atoms with Crippen molar-refractivity contribution >= 4 is 50.9 Å². The van der Waals surface area contributed by atoms with Gasteiger partial charge in [0.2, 0.25) is 10.0 Å². The zero-order valence-electron chi connectivity index (χ0n) is 18.4. The summed E-state index contributed by atoms with van der Waals surface area (Å²) in [6.45, 7) is 1.75. The second kappa shape index (κ2) is 11.5. The van der Waals surface area contributed by atoms with E-state index in [0.29, 0.717) is 11.1 Å². The average molecular weight is 531 g/mol. The van der Waals surface area contributed by atoms with Gasteiger partial charge in [0.15, 0.2) is 0 Å². The number of sulfonamides is 1. The van der Waals surface area contributed by atoms with Gasteiger partial charge in [-0.05, 0) is 18.2 Å². The van der Waals surface area contributed by atoms with Crippen LogP contribution in [-0.2, 0) is 14.8 Å². The van der Waals surface area contributed by atoms with Crippen LogP contribution in [0.5, 0.6) is 5.75 Å². The van der Waals surface area contributed by atoms with Crippen LogP contribution >= 0.6 is 23.2 Å². The lowest BCUT2D eigenvalue weighted by Gasteiger charge is -2.34. The summed E-state index contributed by atoms with van der Waals surface area (Å²) in [5.41, 5.74) is 6.39. The van der Waals surface area contributed by atoms with E-state index in [-0.39, 0.29) is 58.6 Å². The maximum absolute atomic E-state index is 13.1. The summed E-state index contributed by atoms with van der Waals surface area (Å²) in [5, 5.41) is 15.1. The standard InChI is InChI=1S/C19H20Cl2N4O4S.C2H4O2/c1-29-16-11-14(20)10-15(21)17(16)30(27,28)25-8-6-24(7-9-25)19(26)13-4-2-12(3-5-13)18(22)23;1-2(3)4/h2-5,10-11H,6-9H2,1H3,(H3,22,23);1H3,(H,3,4). The molecule has 1 aliphatic rings. The van der Waals surface area contributed by atoms with Crippen LogP contribution < -0.4 is 10.5 Å². The summed E-state index contributed by atoms with van der Waals surface area (Å²) >= 11 is 12.1. The summed E-state index contributed by atoms with van der Waals surface area (Å²) in [4.78, 5) is 23.2. The Bertz CT molecular complexity index is 1180. The predicted octanol–water partition coefficient (Wildman–Crippen LogP) is 2.52. The molecule has 2 aromatic rings. The second-order valence-corrected chi connectivity index (χ2v) is 9.84. The Labute approximate surface area is 207 Å². The van der Waals surface area contributed by atoms with Gasteiger partial charge in [0.25, 0.3) is 11.9 Å². The molecule has 184 valence electrons.